The Kier molecular flexibility index (Phi) is 2.33. The number of nitriles is 1. The van der Waals surface area contributed by atoms with Gasteiger partial charge in [-0.2, -0.15) is 5.26 Å². The summed E-state index contributed by atoms with van der Waals surface area (Å²) in [7, 11) is 0. The second-order valence-corrected chi connectivity index (χ2v) is 3.30. The summed E-state index contributed by atoms with van der Waals surface area (Å²) in [5.74, 6) is 0.661. The second-order valence-electron chi connectivity index (χ2n) is 3.30. The number of pyridine rings is 1. The molecular weight excluding hydrogens is 178 g/mol. The largest absolute Gasteiger partial charge is 0.488 e. The van der Waals surface area contributed by atoms with Crippen molar-refractivity contribution in [3.8, 4) is 11.8 Å². The van der Waals surface area contributed by atoms with E-state index < -0.39 is 0 Å². The lowest BCUT2D eigenvalue weighted by atomic mass is 10.1. The van der Waals surface area contributed by atoms with Crippen molar-refractivity contribution in [2.45, 2.75) is 25.5 Å². The third-order valence-electron chi connectivity index (χ3n) is 2.16. The summed E-state index contributed by atoms with van der Waals surface area (Å²) < 4.78 is 5.60. The Hall–Kier alpha value is -1.60. The van der Waals surface area contributed by atoms with E-state index in [4.69, 9.17) is 15.7 Å². The Morgan fingerprint density at radius 3 is 2.93 bits per heavy atom. The van der Waals surface area contributed by atoms with Gasteiger partial charge >= 0.3 is 0 Å². The molecular formula is C10H11N3O. The Morgan fingerprint density at radius 1 is 1.57 bits per heavy atom. The van der Waals surface area contributed by atoms with Crippen molar-refractivity contribution < 1.29 is 4.74 Å². The number of hydrogen-bond acceptors (Lipinski definition) is 4. The highest BCUT2D eigenvalue weighted by atomic mass is 16.5. The van der Waals surface area contributed by atoms with Crippen LogP contribution in [0, 0.1) is 11.3 Å². The number of ether oxygens (including phenoxy) is 1. The first-order valence-electron chi connectivity index (χ1n) is 4.59. The maximum absolute atomic E-state index is 8.82. The second kappa shape index (κ2) is 3.64. The molecule has 1 saturated carbocycles. The first-order chi connectivity index (χ1) is 6.85. The highest BCUT2D eigenvalue weighted by Gasteiger charge is 2.25. The molecule has 0 bridgehead atoms. The summed E-state index contributed by atoms with van der Waals surface area (Å²) >= 11 is 0. The van der Waals surface area contributed by atoms with Crippen LogP contribution >= 0.6 is 0 Å². The Morgan fingerprint density at radius 2 is 2.36 bits per heavy atom. The van der Waals surface area contributed by atoms with E-state index in [1.54, 1.807) is 6.20 Å². The van der Waals surface area contributed by atoms with Gasteiger partial charge in [-0.3, -0.25) is 4.98 Å². The van der Waals surface area contributed by atoms with Gasteiger partial charge in [-0.15, -0.1) is 0 Å². The number of hydrogen-bond donors (Lipinski definition) is 1. The molecule has 1 fully saturated rings. The summed E-state index contributed by atoms with van der Waals surface area (Å²) in [6, 6.07) is 2.06. The average molecular weight is 189 g/mol. The van der Waals surface area contributed by atoms with Crippen LogP contribution in [-0.4, -0.2) is 11.1 Å². The quantitative estimate of drug-likeness (QED) is 0.768. The Bertz CT molecular complexity index is 379. The van der Waals surface area contributed by atoms with Crippen LogP contribution in [-0.2, 0) is 6.54 Å². The zero-order valence-corrected chi connectivity index (χ0v) is 7.73. The van der Waals surface area contributed by atoms with Crippen LogP contribution in [0.5, 0.6) is 5.75 Å². The molecule has 14 heavy (non-hydrogen) atoms. The zero-order valence-electron chi connectivity index (χ0n) is 7.73. The van der Waals surface area contributed by atoms with Crippen molar-refractivity contribution >= 4 is 0 Å². The summed E-state index contributed by atoms with van der Waals surface area (Å²) in [5.41, 5.74) is 6.83. The predicted molar refractivity (Wildman–Crippen MR) is 50.5 cm³/mol. The average Bonchev–Trinajstić information content (AvgIpc) is 3.01. The summed E-state index contributed by atoms with van der Waals surface area (Å²) in [6.07, 6.45) is 5.61. The Labute approximate surface area is 82.3 Å². The number of nitrogens with zero attached hydrogens (tertiary/aromatic N) is 2. The van der Waals surface area contributed by atoms with Crippen LogP contribution < -0.4 is 10.5 Å². The van der Waals surface area contributed by atoms with E-state index in [0.717, 1.165) is 18.4 Å². The summed E-state index contributed by atoms with van der Waals surface area (Å²) in [5, 5.41) is 8.82. The maximum Gasteiger partial charge on any atom is 0.143 e. The van der Waals surface area contributed by atoms with E-state index in [-0.39, 0.29) is 0 Å². The molecule has 4 heteroatoms. The minimum Gasteiger partial charge on any atom is -0.488 e. The van der Waals surface area contributed by atoms with Crippen molar-refractivity contribution in [3.05, 3.63) is 23.5 Å². The molecule has 1 heterocycles. The van der Waals surface area contributed by atoms with E-state index in [1.807, 2.05) is 0 Å². The van der Waals surface area contributed by atoms with Crippen LogP contribution in [0.3, 0.4) is 0 Å². The molecule has 0 aromatic carbocycles. The Balaban J connectivity index is 2.32. The molecule has 2 N–H and O–H groups in total. The molecule has 0 aliphatic heterocycles. The highest BCUT2D eigenvalue weighted by molar-refractivity contribution is 5.44. The smallest absolute Gasteiger partial charge is 0.143 e. The molecule has 4 nitrogen and oxygen atoms in total. The molecule has 1 aliphatic carbocycles. The fourth-order valence-corrected chi connectivity index (χ4v) is 1.24. The molecule has 0 radical (unpaired) electrons. The van der Waals surface area contributed by atoms with Gasteiger partial charge in [0.05, 0.1) is 17.9 Å². The van der Waals surface area contributed by atoms with Crippen molar-refractivity contribution in [1.29, 1.82) is 5.26 Å². The molecule has 0 saturated heterocycles. The van der Waals surface area contributed by atoms with Crippen LogP contribution in [0.25, 0.3) is 0 Å². The lowest BCUT2D eigenvalue weighted by Crippen LogP contribution is -2.06. The minimum absolute atomic E-state index is 0.302. The van der Waals surface area contributed by atoms with Crippen LogP contribution in [0.1, 0.15) is 24.0 Å². The number of aromatic nitrogens is 1. The topological polar surface area (TPSA) is 71.9 Å². The van der Waals surface area contributed by atoms with Gasteiger partial charge in [-0.05, 0) is 12.8 Å². The SMILES string of the molecule is N#Cc1cncc(OC2CC2)c1CN. The van der Waals surface area contributed by atoms with Gasteiger partial charge in [-0.1, -0.05) is 0 Å². The first kappa shape index (κ1) is 8.97. The molecule has 0 spiro atoms. The lowest BCUT2D eigenvalue weighted by molar-refractivity contribution is 0.298. The predicted octanol–water partition coefficient (Wildman–Crippen LogP) is 0.953. The molecule has 72 valence electrons. The normalized spacial score (nSPS) is 14.9. The van der Waals surface area contributed by atoms with Gasteiger partial charge in [0.25, 0.3) is 0 Å². The first-order valence-corrected chi connectivity index (χ1v) is 4.59. The molecule has 1 aromatic heterocycles. The monoisotopic (exact) mass is 189 g/mol. The summed E-state index contributed by atoms with van der Waals surface area (Å²) in [4.78, 5) is 3.94. The third kappa shape index (κ3) is 1.68. The van der Waals surface area contributed by atoms with E-state index in [0.29, 0.717) is 24.0 Å². The molecule has 0 atom stereocenters. The van der Waals surface area contributed by atoms with Gasteiger partial charge in [0.2, 0.25) is 0 Å². The van der Waals surface area contributed by atoms with E-state index in [9.17, 15) is 0 Å². The highest BCUT2D eigenvalue weighted by Crippen LogP contribution is 2.29. The number of nitrogens with two attached hydrogens (primary N) is 1. The van der Waals surface area contributed by atoms with E-state index >= 15 is 0 Å². The van der Waals surface area contributed by atoms with Gasteiger partial charge in [-0.25, -0.2) is 0 Å². The zero-order chi connectivity index (χ0) is 9.97. The van der Waals surface area contributed by atoms with Crippen molar-refractivity contribution in [3.63, 3.8) is 0 Å². The number of rotatable bonds is 3. The van der Waals surface area contributed by atoms with E-state index in [2.05, 4.69) is 11.1 Å². The van der Waals surface area contributed by atoms with Crippen LogP contribution in [0.2, 0.25) is 0 Å². The molecule has 1 aliphatic rings. The standard InChI is InChI=1S/C10H11N3O/c11-3-7-5-13-6-10(9(7)4-12)14-8-1-2-8/h5-6,8H,1-2,4,12H2. The van der Waals surface area contributed by atoms with Gasteiger partial charge in [0.1, 0.15) is 11.8 Å². The van der Waals surface area contributed by atoms with Crippen molar-refractivity contribution in [1.82, 2.24) is 4.98 Å². The molecule has 2 rings (SSSR count). The van der Waals surface area contributed by atoms with Gasteiger partial charge in [0.15, 0.2) is 0 Å². The minimum atomic E-state index is 0.302. The third-order valence-corrected chi connectivity index (χ3v) is 2.16. The molecule has 0 amide bonds. The fraction of sp³-hybridized carbons (Fsp3) is 0.400. The van der Waals surface area contributed by atoms with Crippen LogP contribution in [0.15, 0.2) is 12.4 Å². The molecule has 1 aromatic rings. The fourth-order valence-electron chi connectivity index (χ4n) is 1.24. The maximum atomic E-state index is 8.82. The lowest BCUT2D eigenvalue weighted by Gasteiger charge is -2.09. The molecule has 0 unspecified atom stereocenters. The summed E-state index contributed by atoms with van der Waals surface area (Å²) in [6.45, 7) is 0.313. The van der Waals surface area contributed by atoms with Gasteiger partial charge < -0.3 is 10.5 Å². The van der Waals surface area contributed by atoms with Crippen molar-refractivity contribution in [2.75, 3.05) is 0 Å². The van der Waals surface area contributed by atoms with Crippen LogP contribution in [0.4, 0.5) is 0 Å². The van der Waals surface area contributed by atoms with E-state index in [1.165, 1.54) is 6.20 Å². The van der Waals surface area contributed by atoms with Gasteiger partial charge in [0, 0.05) is 18.3 Å². The van der Waals surface area contributed by atoms with Crippen molar-refractivity contribution in [2.24, 2.45) is 5.73 Å².